The van der Waals surface area contributed by atoms with Crippen molar-refractivity contribution in [3.63, 3.8) is 0 Å². The van der Waals surface area contributed by atoms with Crippen LogP contribution in [0.5, 0.6) is 0 Å². The standard InChI is InChI=1S/C20H21ClFN7O2S/c1-12(8-14-4-7-25-20(27-14)24-6-3-5-23)16-11-26-28-19(16)15-9-13(21)10-17(18(15)22)29-32(2,30)31/h4,7,9-12,29H,3,6,8H2,1-2H3,(H,26,28)(H,24,25,27). The first-order chi connectivity index (χ1) is 15.2. The lowest BCUT2D eigenvalue weighted by Gasteiger charge is -2.14. The van der Waals surface area contributed by atoms with E-state index < -0.39 is 15.8 Å². The molecule has 0 amide bonds. The minimum absolute atomic E-state index is 0.101. The molecule has 3 rings (SSSR count). The van der Waals surface area contributed by atoms with Crippen molar-refractivity contribution in [3.8, 4) is 17.3 Å². The van der Waals surface area contributed by atoms with Crippen molar-refractivity contribution in [2.45, 2.75) is 25.7 Å². The Morgan fingerprint density at radius 2 is 2.16 bits per heavy atom. The molecule has 9 nitrogen and oxygen atoms in total. The van der Waals surface area contributed by atoms with Gasteiger partial charge in [-0.05, 0) is 30.5 Å². The summed E-state index contributed by atoms with van der Waals surface area (Å²) < 4.78 is 40.4. The highest BCUT2D eigenvalue weighted by atomic mass is 35.5. The van der Waals surface area contributed by atoms with Gasteiger partial charge in [0.15, 0.2) is 5.82 Å². The van der Waals surface area contributed by atoms with Crippen LogP contribution in [-0.2, 0) is 16.4 Å². The van der Waals surface area contributed by atoms with Crippen LogP contribution in [0.1, 0.15) is 30.5 Å². The van der Waals surface area contributed by atoms with E-state index in [1.54, 1.807) is 18.5 Å². The van der Waals surface area contributed by atoms with E-state index in [9.17, 15) is 8.42 Å². The van der Waals surface area contributed by atoms with Crippen LogP contribution in [-0.4, -0.2) is 41.4 Å². The Morgan fingerprint density at radius 3 is 2.88 bits per heavy atom. The number of nitrogens with zero attached hydrogens (tertiary/aromatic N) is 4. The van der Waals surface area contributed by atoms with E-state index >= 15 is 4.39 Å². The number of nitrogens with one attached hydrogen (secondary N) is 3. The van der Waals surface area contributed by atoms with Crippen molar-refractivity contribution in [3.05, 3.63) is 52.7 Å². The van der Waals surface area contributed by atoms with Gasteiger partial charge in [0.05, 0.1) is 36.3 Å². The Morgan fingerprint density at radius 1 is 1.38 bits per heavy atom. The molecule has 32 heavy (non-hydrogen) atoms. The van der Waals surface area contributed by atoms with E-state index in [-0.39, 0.29) is 22.2 Å². The summed E-state index contributed by atoms with van der Waals surface area (Å²) in [5, 5.41) is 18.6. The summed E-state index contributed by atoms with van der Waals surface area (Å²) in [6.07, 6.45) is 5.00. The zero-order chi connectivity index (χ0) is 23.3. The van der Waals surface area contributed by atoms with E-state index in [2.05, 4.69) is 30.2 Å². The van der Waals surface area contributed by atoms with Crippen LogP contribution >= 0.6 is 11.6 Å². The van der Waals surface area contributed by atoms with E-state index in [1.165, 1.54) is 12.1 Å². The molecule has 0 saturated carbocycles. The van der Waals surface area contributed by atoms with Gasteiger partial charge in [0.2, 0.25) is 16.0 Å². The molecule has 0 saturated heterocycles. The van der Waals surface area contributed by atoms with Crippen molar-refractivity contribution in [2.24, 2.45) is 0 Å². The second-order valence-electron chi connectivity index (χ2n) is 7.20. The summed E-state index contributed by atoms with van der Waals surface area (Å²) in [6.45, 7) is 2.39. The average molecular weight is 478 g/mol. The predicted octanol–water partition coefficient (Wildman–Crippen LogP) is 3.70. The summed E-state index contributed by atoms with van der Waals surface area (Å²) in [4.78, 5) is 8.58. The highest BCUT2D eigenvalue weighted by Crippen LogP contribution is 2.35. The predicted molar refractivity (Wildman–Crippen MR) is 120 cm³/mol. The molecule has 0 aliphatic heterocycles. The monoisotopic (exact) mass is 477 g/mol. The van der Waals surface area contributed by atoms with Crippen LogP contribution in [0.15, 0.2) is 30.6 Å². The Hall–Kier alpha value is -3.23. The number of H-pyrrole nitrogens is 1. The molecule has 0 aliphatic rings. The molecule has 2 aromatic heterocycles. The molecule has 0 spiro atoms. The minimum Gasteiger partial charge on any atom is -0.353 e. The number of sulfonamides is 1. The quantitative estimate of drug-likeness (QED) is 0.399. The van der Waals surface area contributed by atoms with Gasteiger partial charge in [0.1, 0.15) is 0 Å². The van der Waals surface area contributed by atoms with E-state index in [0.29, 0.717) is 36.6 Å². The SMILES string of the molecule is CC(Cc1ccnc(NCCC#N)n1)c1cn[nH]c1-c1cc(Cl)cc(NS(C)(=O)=O)c1F. The van der Waals surface area contributed by atoms with Gasteiger partial charge in [-0.3, -0.25) is 9.82 Å². The van der Waals surface area contributed by atoms with Gasteiger partial charge in [0, 0.05) is 34.6 Å². The van der Waals surface area contributed by atoms with Gasteiger partial charge < -0.3 is 5.32 Å². The second kappa shape index (κ2) is 9.93. The summed E-state index contributed by atoms with van der Waals surface area (Å²) in [5.41, 5.74) is 1.73. The number of nitriles is 1. The van der Waals surface area contributed by atoms with Gasteiger partial charge in [-0.1, -0.05) is 18.5 Å². The number of hydrogen-bond acceptors (Lipinski definition) is 7. The fraction of sp³-hybridized carbons (Fsp3) is 0.300. The highest BCUT2D eigenvalue weighted by molar-refractivity contribution is 7.92. The van der Waals surface area contributed by atoms with Crippen molar-refractivity contribution >= 4 is 33.3 Å². The summed E-state index contributed by atoms with van der Waals surface area (Å²) >= 11 is 6.12. The lowest BCUT2D eigenvalue weighted by Crippen LogP contribution is -2.11. The Bertz CT molecular complexity index is 1260. The van der Waals surface area contributed by atoms with Crippen LogP contribution < -0.4 is 10.0 Å². The van der Waals surface area contributed by atoms with E-state index in [0.717, 1.165) is 11.9 Å². The highest BCUT2D eigenvalue weighted by Gasteiger charge is 2.21. The molecule has 3 N–H and O–H groups in total. The van der Waals surface area contributed by atoms with Crippen molar-refractivity contribution < 1.29 is 12.8 Å². The smallest absolute Gasteiger partial charge is 0.229 e. The Balaban J connectivity index is 1.88. The maximum Gasteiger partial charge on any atom is 0.229 e. The van der Waals surface area contributed by atoms with Gasteiger partial charge in [0.25, 0.3) is 0 Å². The molecule has 0 bridgehead atoms. The molecule has 1 unspecified atom stereocenters. The second-order valence-corrected chi connectivity index (χ2v) is 9.39. The first-order valence-corrected chi connectivity index (χ1v) is 11.9. The molecule has 1 atom stereocenters. The number of halogens is 2. The maximum absolute atomic E-state index is 15.1. The van der Waals surface area contributed by atoms with Gasteiger partial charge in [-0.15, -0.1) is 0 Å². The lowest BCUT2D eigenvalue weighted by molar-refractivity contribution is 0.604. The fourth-order valence-corrected chi connectivity index (χ4v) is 3.95. The van der Waals surface area contributed by atoms with Crippen LogP contribution in [0.3, 0.4) is 0 Å². The van der Waals surface area contributed by atoms with Gasteiger partial charge in [-0.25, -0.2) is 22.8 Å². The fourth-order valence-electron chi connectivity index (χ4n) is 3.18. The minimum atomic E-state index is -3.69. The molecule has 12 heteroatoms. The van der Waals surface area contributed by atoms with Crippen LogP contribution in [0, 0.1) is 17.1 Å². The average Bonchev–Trinajstić information content (AvgIpc) is 3.20. The van der Waals surface area contributed by atoms with Crippen LogP contribution in [0.4, 0.5) is 16.0 Å². The third-order valence-electron chi connectivity index (χ3n) is 4.55. The van der Waals surface area contributed by atoms with Crippen molar-refractivity contribution in [1.29, 1.82) is 5.26 Å². The summed E-state index contributed by atoms with van der Waals surface area (Å²) in [6, 6.07) is 6.44. The molecule has 2 heterocycles. The maximum atomic E-state index is 15.1. The Kier molecular flexibility index (Phi) is 7.27. The van der Waals surface area contributed by atoms with E-state index in [4.69, 9.17) is 16.9 Å². The first-order valence-electron chi connectivity index (χ1n) is 9.61. The number of anilines is 2. The number of aromatic amines is 1. The first kappa shape index (κ1) is 23.4. The number of aromatic nitrogens is 4. The number of rotatable bonds is 9. The van der Waals surface area contributed by atoms with Gasteiger partial charge >= 0.3 is 0 Å². The van der Waals surface area contributed by atoms with E-state index in [1.807, 2.05) is 13.0 Å². The Labute approximate surface area is 190 Å². The molecule has 0 radical (unpaired) electrons. The molecule has 0 fully saturated rings. The molecular formula is C20H21ClFN7O2S. The van der Waals surface area contributed by atoms with Gasteiger partial charge in [-0.2, -0.15) is 10.4 Å². The zero-order valence-corrected chi connectivity index (χ0v) is 18.9. The topological polar surface area (TPSA) is 136 Å². The summed E-state index contributed by atoms with van der Waals surface area (Å²) in [5.74, 6) is -0.450. The van der Waals surface area contributed by atoms with Crippen LogP contribution in [0.2, 0.25) is 5.02 Å². The number of benzene rings is 1. The molecule has 0 aliphatic carbocycles. The van der Waals surface area contributed by atoms with Crippen molar-refractivity contribution in [1.82, 2.24) is 20.2 Å². The number of hydrogen-bond donors (Lipinski definition) is 3. The third-order valence-corrected chi connectivity index (χ3v) is 5.36. The molecular weight excluding hydrogens is 457 g/mol. The zero-order valence-electron chi connectivity index (χ0n) is 17.4. The lowest BCUT2D eigenvalue weighted by atomic mass is 9.93. The molecule has 168 valence electrons. The van der Waals surface area contributed by atoms with Crippen LogP contribution in [0.25, 0.3) is 11.3 Å². The molecule has 3 aromatic rings. The van der Waals surface area contributed by atoms with Crippen molar-refractivity contribution in [2.75, 3.05) is 22.8 Å². The third kappa shape index (κ3) is 5.93. The summed E-state index contributed by atoms with van der Waals surface area (Å²) in [7, 11) is -3.69. The normalized spacial score (nSPS) is 12.2. The molecule has 1 aromatic carbocycles. The largest absolute Gasteiger partial charge is 0.353 e.